The Balaban J connectivity index is 1.63. The van der Waals surface area contributed by atoms with Crippen LogP contribution in [0.4, 0.5) is 18.9 Å². The maximum absolute atomic E-state index is 12.9. The number of ether oxygens (including phenoxy) is 1. The molecule has 3 rings (SSSR count). The zero-order valence-corrected chi connectivity index (χ0v) is 22.5. The van der Waals surface area contributed by atoms with Crippen LogP contribution in [0.2, 0.25) is 5.02 Å². The molecule has 0 unspecified atom stereocenters. The third-order valence-corrected chi connectivity index (χ3v) is 6.35. The van der Waals surface area contributed by atoms with Gasteiger partial charge in [0.15, 0.2) is 0 Å². The van der Waals surface area contributed by atoms with Crippen LogP contribution in [0.5, 0.6) is 5.75 Å². The van der Waals surface area contributed by atoms with E-state index in [0.717, 1.165) is 17.8 Å². The second-order valence-corrected chi connectivity index (χ2v) is 10.5. The van der Waals surface area contributed by atoms with Crippen LogP contribution in [0.1, 0.15) is 43.1 Å². The monoisotopic (exact) mass is 562 g/mol. The van der Waals surface area contributed by atoms with Crippen molar-refractivity contribution >= 4 is 29.2 Å². The minimum Gasteiger partial charge on any atom is -0.491 e. The first-order valence-electron chi connectivity index (χ1n) is 12.2. The number of carbonyl (C=O) groups is 2. The molecule has 3 N–H and O–H groups in total. The Morgan fingerprint density at radius 3 is 2.15 bits per heavy atom. The number of nitrogens with one attached hydrogen (secondary N) is 2. The van der Waals surface area contributed by atoms with E-state index < -0.39 is 17.7 Å². The van der Waals surface area contributed by atoms with E-state index >= 15 is 0 Å². The van der Waals surface area contributed by atoms with E-state index in [-0.39, 0.29) is 35.4 Å². The van der Waals surface area contributed by atoms with Gasteiger partial charge in [-0.25, -0.2) is 0 Å². The first kappa shape index (κ1) is 29.8. The molecule has 0 radical (unpaired) electrons. The van der Waals surface area contributed by atoms with Gasteiger partial charge in [-0.2, -0.15) is 13.2 Å². The van der Waals surface area contributed by atoms with Crippen LogP contribution in [0, 0.1) is 5.41 Å². The normalized spacial score (nSPS) is 12.5. The predicted octanol–water partition coefficient (Wildman–Crippen LogP) is 7.14. The van der Waals surface area contributed by atoms with Crippen LogP contribution >= 0.6 is 11.6 Å². The molecule has 10 heteroatoms. The van der Waals surface area contributed by atoms with Crippen molar-refractivity contribution in [2.75, 3.05) is 18.5 Å². The van der Waals surface area contributed by atoms with E-state index in [9.17, 15) is 22.8 Å². The summed E-state index contributed by atoms with van der Waals surface area (Å²) in [6.45, 7) is 6.56. The summed E-state index contributed by atoms with van der Waals surface area (Å²) in [4.78, 5) is 22.8. The standard InChI is InChI=1S/C29H30ClF3N2O4/c1-28(2,3)25(35-21-9-4-19(5-10-21)27(38)34-15-14-26(36)37)17-39-22-11-6-18(7-12-22)23-13-8-20(16-24(23)30)29(31,32)33/h4-13,16,25,35H,14-15,17H2,1-3H3,(H,34,38)(H,36,37)/t25-/m1/s1. The van der Waals surface area contributed by atoms with Crippen molar-refractivity contribution in [3.63, 3.8) is 0 Å². The number of amides is 1. The van der Waals surface area contributed by atoms with E-state index in [1.807, 2.05) is 0 Å². The topological polar surface area (TPSA) is 87.7 Å². The van der Waals surface area contributed by atoms with Gasteiger partial charge in [0, 0.05) is 28.4 Å². The first-order valence-corrected chi connectivity index (χ1v) is 12.6. The molecular weight excluding hydrogens is 533 g/mol. The van der Waals surface area contributed by atoms with E-state index in [1.54, 1.807) is 48.5 Å². The van der Waals surface area contributed by atoms with E-state index in [1.165, 1.54) is 6.07 Å². The number of carboxylic acids is 1. The minimum atomic E-state index is -4.46. The van der Waals surface area contributed by atoms with Gasteiger partial charge in [-0.3, -0.25) is 9.59 Å². The fourth-order valence-corrected chi connectivity index (χ4v) is 3.94. The van der Waals surface area contributed by atoms with Crippen molar-refractivity contribution in [1.82, 2.24) is 5.32 Å². The molecule has 6 nitrogen and oxygen atoms in total. The molecule has 0 aromatic heterocycles. The second kappa shape index (κ2) is 12.4. The molecule has 0 aliphatic rings. The molecule has 0 aliphatic carbocycles. The first-order chi connectivity index (χ1) is 18.2. The number of rotatable bonds is 10. The van der Waals surface area contributed by atoms with Crippen molar-refractivity contribution in [2.45, 2.75) is 39.4 Å². The lowest BCUT2D eigenvalue weighted by molar-refractivity contribution is -0.138. The maximum Gasteiger partial charge on any atom is 0.416 e. The number of benzene rings is 3. The average Bonchev–Trinajstić information content (AvgIpc) is 2.85. The molecule has 0 aliphatic heterocycles. The molecule has 0 spiro atoms. The molecule has 0 heterocycles. The fourth-order valence-electron chi connectivity index (χ4n) is 3.65. The highest BCUT2D eigenvalue weighted by Gasteiger charge is 2.31. The molecule has 0 saturated carbocycles. The molecule has 0 saturated heterocycles. The van der Waals surface area contributed by atoms with Crippen LogP contribution in [0.25, 0.3) is 11.1 Å². The van der Waals surface area contributed by atoms with Crippen LogP contribution in [-0.4, -0.2) is 36.2 Å². The lowest BCUT2D eigenvalue weighted by Crippen LogP contribution is -2.39. The number of carboxylic acid groups (broad SMARTS) is 1. The summed E-state index contributed by atoms with van der Waals surface area (Å²) in [7, 11) is 0. The van der Waals surface area contributed by atoms with Gasteiger partial charge < -0.3 is 20.5 Å². The van der Waals surface area contributed by atoms with E-state index in [0.29, 0.717) is 29.0 Å². The summed E-state index contributed by atoms with van der Waals surface area (Å²) in [6, 6.07) is 17.0. The molecule has 0 bridgehead atoms. The Kier molecular flexibility index (Phi) is 9.50. The highest BCUT2D eigenvalue weighted by Crippen LogP contribution is 2.36. The number of aliphatic carboxylic acids is 1. The molecule has 3 aromatic carbocycles. The lowest BCUT2D eigenvalue weighted by Gasteiger charge is -2.32. The summed E-state index contributed by atoms with van der Waals surface area (Å²) in [5.41, 5.74) is 1.37. The third-order valence-electron chi connectivity index (χ3n) is 6.04. The molecule has 39 heavy (non-hydrogen) atoms. The SMILES string of the molecule is CC(C)(C)[C@@H](COc1ccc(-c2ccc(C(F)(F)F)cc2Cl)cc1)Nc1ccc(C(=O)NCCC(=O)O)cc1. The predicted molar refractivity (Wildman–Crippen MR) is 145 cm³/mol. The third kappa shape index (κ3) is 8.64. The zero-order valence-electron chi connectivity index (χ0n) is 21.7. The average molecular weight is 563 g/mol. The van der Waals surface area contributed by atoms with Crippen molar-refractivity contribution < 1.29 is 32.6 Å². The minimum absolute atomic E-state index is 0.0132. The number of carbonyl (C=O) groups excluding carboxylic acids is 1. The number of anilines is 1. The summed E-state index contributed by atoms with van der Waals surface area (Å²) in [5.74, 6) is -0.740. The largest absolute Gasteiger partial charge is 0.491 e. The highest BCUT2D eigenvalue weighted by atomic mass is 35.5. The van der Waals surface area contributed by atoms with Crippen LogP contribution in [-0.2, 0) is 11.0 Å². The van der Waals surface area contributed by atoms with Gasteiger partial charge in [-0.1, -0.05) is 50.6 Å². The maximum atomic E-state index is 12.9. The zero-order chi connectivity index (χ0) is 28.8. The van der Waals surface area contributed by atoms with E-state index in [4.69, 9.17) is 21.4 Å². The van der Waals surface area contributed by atoms with Gasteiger partial charge in [0.1, 0.15) is 12.4 Å². The van der Waals surface area contributed by atoms with E-state index in [2.05, 4.69) is 31.4 Å². The second-order valence-electron chi connectivity index (χ2n) is 10.1. The van der Waals surface area contributed by atoms with Gasteiger partial charge in [-0.15, -0.1) is 0 Å². The number of alkyl halides is 3. The van der Waals surface area contributed by atoms with Gasteiger partial charge in [0.2, 0.25) is 0 Å². The van der Waals surface area contributed by atoms with Gasteiger partial charge in [-0.05, 0) is 59.5 Å². The molecule has 1 atom stereocenters. The molecular formula is C29H30ClF3N2O4. The molecule has 3 aromatic rings. The van der Waals surface area contributed by atoms with Crippen molar-refractivity contribution in [2.24, 2.45) is 5.41 Å². The lowest BCUT2D eigenvalue weighted by atomic mass is 9.87. The number of hydrogen-bond donors (Lipinski definition) is 3. The van der Waals surface area contributed by atoms with Crippen LogP contribution in [0.15, 0.2) is 66.7 Å². The molecule has 0 fully saturated rings. The van der Waals surface area contributed by atoms with Crippen LogP contribution < -0.4 is 15.4 Å². The summed E-state index contributed by atoms with van der Waals surface area (Å²) < 4.78 is 44.8. The van der Waals surface area contributed by atoms with Gasteiger partial charge >= 0.3 is 12.1 Å². The summed E-state index contributed by atoms with van der Waals surface area (Å²) in [5, 5.41) is 14.7. The quantitative estimate of drug-likeness (QED) is 0.244. The fraction of sp³-hybridized carbons (Fsp3) is 0.310. The van der Waals surface area contributed by atoms with Crippen LogP contribution in [0.3, 0.4) is 0 Å². The summed E-state index contributed by atoms with van der Waals surface area (Å²) >= 11 is 6.12. The van der Waals surface area contributed by atoms with Gasteiger partial charge in [0.05, 0.1) is 18.0 Å². The van der Waals surface area contributed by atoms with Crippen molar-refractivity contribution in [3.05, 3.63) is 82.9 Å². The highest BCUT2D eigenvalue weighted by molar-refractivity contribution is 6.33. The Labute approximate surface area is 230 Å². The smallest absolute Gasteiger partial charge is 0.416 e. The Morgan fingerprint density at radius 1 is 0.974 bits per heavy atom. The number of hydrogen-bond acceptors (Lipinski definition) is 4. The Hall–Kier alpha value is -3.72. The Bertz CT molecular complexity index is 1290. The van der Waals surface area contributed by atoms with Crippen molar-refractivity contribution in [3.8, 4) is 16.9 Å². The summed E-state index contributed by atoms with van der Waals surface area (Å²) in [6.07, 6.45) is -4.61. The molecule has 208 valence electrons. The molecule has 1 amide bonds. The number of halogens is 4. The Morgan fingerprint density at radius 2 is 1.62 bits per heavy atom. The van der Waals surface area contributed by atoms with Gasteiger partial charge in [0.25, 0.3) is 5.91 Å². The van der Waals surface area contributed by atoms with Crippen molar-refractivity contribution in [1.29, 1.82) is 0 Å².